The van der Waals surface area contributed by atoms with Gasteiger partial charge in [-0.2, -0.15) is 4.98 Å². The first kappa shape index (κ1) is 9.45. The Morgan fingerprint density at radius 1 is 1.38 bits per heavy atom. The monoisotopic (exact) mass is 218 g/mol. The van der Waals surface area contributed by atoms with Crippen LogP contribution in [0.15, 0.2) is 16.7 Å². The highest BCUT2D eigenvalue weighted by Crippen LogP contribution is 2.23. The van der Waals surface area contributed by atoms with E-state index in [1.54, 1.807) is 6.26 Å². The number of furan rings is 1. The number of anilines is 1. The first-order valence-electron chi connectivity index (χ1n) is 5.56. The van der Waals surface area contributed by atoms with Crippen molar-refractivity contribution in [3.63, 3.8) is 0 Å². The van der Waals surface area contributed by atoms with Crippen molar-refractivity contribution in [1.82, 2.24) is 15.2 Å². The molecule has 0 saturated carbocycles. The maximum Gasteiger partial charge on any atom is 0.245 e. The Balaban J connectivity index is 1.90. The summed E-state index contributed by atoms with van der Waals surface area (Å²) in [7, 11) is 0. The fourth-order valence-electron chi connectivity index (χ4n) is 2.03. The number of H-pyrrole nitrogens is 1. The average molecular weight is 218 g/mol. The highest BCUT2D eigenvalue weighted by molar-refractivity contribution is 5.53. The molecule has 0 unspecified atom stereocenters. The standard InChI is InChI=1S/C11H14N4O/c1-8-4-7-16-9(8)10-12-11(14-13-10)15-5-2-3-6-15/h4,7H,2-3,5-6H2,1H3,(H,12,13,14). The molecule has 3 heterocycles. The summed E-state index contributed by atoms with van der Waals surface area (Å²) in [6.45, 7) is 4.10. The van der Waals surface area contributed by atoms with Crippen molar-refractivity contribution in [2.24, 2.45) is 0 Å². The summed E-state index contributed by atoms with van der Waals surface area (Å²) >= 11 is 0. The Labute approximate surface area is 93.5 Å². The second kappa shape index (κ2) is 3.66. The second-order valence-corrected chi connectivity index (χ2v) is 4.11. The van der Waals surface area contributed by atoms with Gasteiger partial charge < -0.3 is 9.32 Å². The van der Waals surface area contributed by atoms with Crippen molar-refractivity contribution in [2.75, 3.05) is 18.0 Å². The van der Waals surface area contributed by atoms with Crippen molar-refractivity contribution >= 4 is 5.95 Å². The van der Waals surface area contributed by atoms with E-state index < -0.39 is 0 Å². The second-order valence-electron chi connectivity index (χ2n) is 4.11. The topological polar surface area (TPSA) is 58.0 Å². The lowest BCUT2D eigenvalue weighted by Gasteiger charge is -2.10. The molecule has 0 radical (unpaired) electrons. The predicted molar refractivity (Wildman–Crippen MR) is 60.3 cm³/mol. The average Bonchev–Trinajstić information content (AvgIpc) is 2.96. The largest absolute Gasteiger partial charge is 0.461 e. The van der Waals surface area contributed by atoms with Crippen LogP contribution in [0.1, 0.15) is 18.4 Å². The third-order valence-corrected chi connectivity index (χ3v) is 2.94. The van der Waals surface area contributed by atoms with Crippen LogP contribution in [0.25, 0.3) is 11.6 Å². The molecule has 1 aliphatic rings. The summed E-state index contributed by atoms with van der Waals surface area (Å²) < 4.78 is 5.37. The molecule has 2 aromatic heterocycles. The van der Waals surface area contributed by atoms with Gasteiger partial charge in [0.2, 0.25) is 5.95 Å². The van der Waals surface area contributed by atoms with Crippen LogP contribution < -0.4 is 4.90 Å². The van der Waals surface area contributed by atoms with E-state index in [9.17, 15) is 0 Å². The predicted octanol–water partition coefficient (Wildman–Crippen LogP) is 1.97. The van der Waals surface area contributed by atoms with E-state index in [-0.39, 0.29) is 0 Å². The SMILES string of the molecule is Cc1ccoc1-c1nc(N2CCCC2)n[nH]1. The van der Waals surface area contributed by atoms with E-state index in [4.69, 9.17) is 4.42 Å². The molecule has 0 bridgehead atoms. The fraction of sp³-hybridized carbons (Fsp3) is 0.455. The molecule has 0 aromatic carbocycles. The molecule has 3 rings (SSSR count). The summed E-state index contributed by atoms with van der Waals surface area (Å²) in [4.78, 5) is 6.65. The third-order valence-electron chi connectivity index (χ3n) is 2.94. The van der Waals surface area contributed by atoms with Crippen molar-refractivity contribution in [2.45, 2.75) is 19.8 Å². The molecular weight excluding hydrogens is 204 g/mol. The minimum absolute atomic E-state index is 0.712. The van der Waals surface area contributed by atoms with E-state index in [1.807, 2.05) is 13.0 Å². The molecule has 16 heavy (non-hydrogen) atoms. The molecule has 1 saturated heterocycles. The van der Waals surface area contributed by atoms with Gasteiger partial charge in [-0.1, -0.05) is 0 Å². The highest BCUT2D eigenvalue weighted by atomic mass is 16.3. The van der Waals surface area contributed by atoms with Crippen LogP contribution in [0.3, 0.4) is 0 Å². The fourth-order valence-corrected chi connectivity index (χ4v) is 2.03. The van der Waals surface area contributed by atoms with Crippen LogP contribution in [0, 0.1) is 6.92 Å². The van der Waals surface area contributed by atoms with Gasteiger partial charge in [0.15, 0.2) is 11.6 Å². The molecule has 0 spiro atoms. The Kier molecular flexibility index (Phi) is 2.16. The number of hydrogen-bond donors (Lipinski definition) is 1. The van der Waals surface area contributed by atoms with Crippen LogP contribution in [-0.2, 0) is 0 Å². The van der Waals surface area contributed by atoms with Crippen LogP contribution >= 0.6 is 0 Å². The van der Waals surface area contributed by atoms with Crippen LogP contribution in [0.4, 0.5) is 5.95 Å². The van der Waals surface area contributed by atoms with E-state index >= 15 is 0 Å². The van der Waals surface area contributed by atoms with Crippen LogP contribution in [-0.4, -0.2) is 28.3 Å². The number of aryl methyl sites for hydroxylation is 1. The van der Waals surface area contributed by atoms with Gasteiger partial charge in [0.25, 0.3) is 0 Å². The van der Waals surface area contributed by atoms with Gasteiger partial charge >= 0.3 is 0 Å². The minimum Gasteiger partial charge on any atom is -0.461 e. The van der Waals surface area contributed by atoms with Gasteiger partial charge in [-0.3, -0.25) is 5.10 Å². The van der Waals surface area contributed by atoms with Gasteiger partial charge in [-0.15, -0.1) is 5.10 Å². The number of aromatic amines is 1. The molecule has 5 heteroatoms. The zero-order chi connectivity index (χ0) is 11.0. The van der Waals surface area contributed by atoms with Crippen molar-refractivity contribution in [1.29, 1.82) is 0 Å². The Morgan fingerprint density at radius 2 is 2.19 bits per heavy atom. The van der Waals surface area contributed by atoms with Crippen LogP contribution in [0.5, 0.6) is 0 Å². The minimum atomic E-state index is 0.712. The lowest BCUT2D eigenvalue weighted by atomic mass is 10.3. The molecule has 1 aliphatic heterocycles. The summed E-state index contributed by atoms with van der Waals surface area (Å²) in [6, 6.07) is 1.92. The van der Waals surface area contributed by atoms with E-state index in [2.05, 4.69) is 20.1 Å². The molecule has 84 valence electrons. The Bertz CT molecular complexity index is 482. The van der Waals surface area contributed by atoms with E-state index in [0.717, 1.165) is 30.4 Å². The van der Waals surface area contributed by atoms with Gasteiger partial charge in [-0.25, -0.2) is 0 Å². The number of aromatic nitrogens is 3. The third kappa shape index (κ3) is 1.48. The summed E-state index contributed by atoms with van der Waals surface area (Å²) in [5.41, 5.74) is 1.07. The molecule has 5 nitrogen and oxygen atoms in total. The zero-order valence-corrected chi connectivity index (χ0v) is 9.23. The highest BCUT2D eigenvalue weighted by Gasteiger charge is 2.18. The number of rotatable bonds is 2. The molecule has 1 fully saturated rings. The van der Waals surface area contributed by atoms with Crippen LogP contribution in [0.2, 0.25) is 0 Å². The maximum atomic E-state index is 5.37. The number of hydrogen-bond acceptors (Lipinski definition) is 4. The van der Waals surface area contributed by atoms with Gasteiger partial charge in [0.05, 0.1) is 6.26 Å². The van der Waals surface area contributed by atoms with E-state index in [1.165, 1.54) is 12.8 Å². The first-order valence-corrected chi connectivity index (χ1v) is 5.56. The quantitative estimate of drug-likeness (QED) is 0.837. The molecular formula is C11H14N4O. The smallest absolute Gasteiger partial charge is 0.245 e. The van der Waals surface area contributed by atoms with Gasteiger partial charge in [0, 0.05) is 13.1 Å². The number of nitrogens with one attached hydrogen (secondary N) is 1. The lowest BCUT2D eigenvalue weighted by Crippen LogP contribution is -2.18. The van der Waals surface area contributed by atoms with Gasteiger partial charge in [-0.05, 0) is 31.4 Å². The molecule has 0 atom stereocenters. The Hall–Kier alpha value is -1.78. The molecule has 2 aromatic rings. The van der Waals surface area contributed by atoms with Crippen molar-refractivity contribution < 1.29 is 4.42 Å². The van der Waals surface area contributed by atoms with Crippen molar-refractivity contribution in [3.8, 4) is 11.6 Å². The summed E-state index contributed by atoms with van der Waals surface area (Å²) in [5.74, 6) is 2.27. The molecule has 0 aliphatic carbocycles. The summed E-state index contributed by atoms with van der Waals surface area (Å²) in [5, 5.41) is 7.15. The Morgan fingerprint density at radius 3 is 2.88 bits per heavy atom. The maximum absolute atomic E-state index is 5.37. The number of nitrogens with zero attached hydrogens (tertiary/aromatic N) is 3. The first-order chi connectivity index (χ1) is 7.84. The molecule has 1 N–H and O–H groups in total. The van der Waals surface area contributed by atoms with E-state index in [0.29, 0.717) is 5.82 Å². The zero-order valence-electron chi connectivity index (χ0n) is 9.23. The normalized spacial score (nSPS) is 15.9. The lowest BCUT2D eigenvalue weighted by molar-refractivity contribution is 0.576. The van der Waals surface area contributed by atoms with Crippen molar-refractivity contribution in [3.05, 3.63) is 17.9 Å². The van der Waals surface area contributed by atoms with Gasteiger partial charge in [0.1, 0.15) is 0 Å². The summed E-state index contributed by atoms with van der Waals surface area (Å²) in [6.07, 6.45) is 4.12. The molecule has 0 amide bonds.